The van der Waals surface area contributed by atoms with Gasteiger partial charge in [-0.15, -0.1) is 11.3 Å². The summed E-state index contributed by atoms with van der Waals surface area (Å²) in [7, 11) is 0. The van der Waals surface area contributed by atoms with Crippen molar-refractivity contribution in [2.75, 3.05) is 12.3 Å². The fraction of sp³-hybridized carbons (Fsp3) is 0.200. The maximum atomic E-state index is 11.8. The van der Waals surface area contributed by atoms with E-state index < -0.39 is 0 Å². The number of carbonyl (C=O) groups excluding carboxylic acids is 1. The third-order valence-electron chi connectivity index (χ3n) is 3.68. The molecule has 26 heavy (non-hydrogen) atoms. The summed E-state index contributed by atoms with van der Waals surface area (Å²) in [5, 5.41) is 2.47. The van der Waals surface area contributed by atoms with Gasteiger partial charge in [-0.2, -0.15) is 0 Å². The molecular weight excluding hydrogens is 348 g/mol. The van der Waals surface area contributed by atoms with E-state index in [1.54, 1.807) is 12.1 Å². The molecule has 0 atom stereocenters. The van der Waals surface area contributed by atoms with Gasteiger partial charge in [0.1, 0.15) is 12.4 Å². The number of aromatic nitrogens is 1. The highest BCUT2D eigenvalue weighted by Crippen LogP contribution is 2.26. The summed E-state index contributed by atoms with van der Waals surface area (Å²) in [4.78, 5) is 16.1. The monoisotopic (exact) mass is 368 g/mol. The fourth-order valence-corrected chi connectivity index (χ4v) is 2.92. The number of ether oxygens (including phenoxy) is 2. The van der Waals surface area contributed by atoms with Gasteiger partial charge in [-0.25, -0.2) is 9.78 Å². The van der Waals surface area contributed by atoms with Gasteiger partial charge in [0.25, 0.3) is 0 Å². The Bertz CT molecular complexity index is 875. The Labute approximate surface area is 156 Å². The van der Waals surface area contributed by atoms with Crippen molar-refractivity contribution >= 4 is 22.4 Å². The molecule has 0 fully saturated rings. The van der Waals surface area contributed by atoms with Crippen LogP contribution in [0, 0.1) is 0 Å². The first-order chi connectivity index (χ1) is 12.7. The topological polar surface area (TPSA) is 74.4 Å². The fourth-order valence-electron chi connectivity index (χ4n) is 2.35. The minimum absolute atomic E-state index is 0.297. The Morgan fingerprint density at radius 1 is 1.19 bits per heavy atom. The zero-order valence-corrected chi connectivity index (χ0v) is 15.3. The van der Waals surface area contributed by atoms with E-state index in [2.05, 4.69) is 4.98 Å². The highest BCUT2D eigenvalue weighted by atomic mass is 32.1. The van der Waals surface area contributed by atoms with Gasteiger partial charge < -0.3 is 15.2 Å². The lowest BCUT2D eigenvalue weighted by molar-refractivity contribution is 0.0505. The van der Waals surface area contributed by atoms with Gasteiger partial charge in [0.2, 0.25) is 0 Å². The molecule has 2 N–H and O–H groups in total. The third-order valence-corrected chi connectivity index (χ3v) is 4.36. The predicted octanol–water partition coefficient (Wildman–Crippen LogP) is 4.54. The number of nitrogen functional groups attached to an aromatic ring is 1. The average Bonchev–Trinajstić information content (AvgIpc) is 3.11. The second-order valence-corrected chi connectivity index (χ2v) is 6.61. The van der Waals surface area contributed by atoms with E-state index in [0.29, 0.717) is 23.9 Å². The standard InChI is InChI=1S/C20H20N2O3S/c1-2-10-24-19(23)15-8-6-14(7-9-15)12-25-17-5-3-4-16(11-17)18-13-26-20(21)22-18/h3-9,11,13H,2,10,12H2,1H3,(H2,21,22). The van der Waals surface area contributed by atoms with Gasteiger partial charge in [0, 0.05) is 10.9 Å². The van der Waals surface area contributed by atoms with Crippen LogP contribution in [-0.2, 0) is 11.3 Å². The number of nitrogens with zero attached hydrogens (tertiary/aromatic N) is 1. The van der Waals surface area contributed by atoms with Gasteiger partial charge in [0.05, 0.1) is 17.9 Å². The Morgan fingerprint density at radius 3 is 2.69 bits per heavy atom. The number of benzene rings is 2. The first-order valence-electron chi connectivity index (χ1n) is 8.36. The molecule has 0 spiro atoms. The van der Waals surface area contributed by atoms with Crippen molar-refractivity contribution in [1.82, 2.24) is 4.98 Å². The summed E-state index contributed by atoms with van der Waals surface area (Å²) in [5.41, 5.74) is 9.01. The van der Waals surface area contributed by atoms with E-state index in [-0.39, 0.29) is 5.97 Å². The van der Waals surface area contributed by atoms with E-state index in [4.69, 9.17) is 15.2 Å². The molecule has 1 heterocycles. The first-order valence-corrected chi connectivity index (χ1v) is 9.24. The molecule has 0 amide bonds. The Morgan fingerprint density at radius 2 is 2.00 bits per heavy atom. The van der Waals surface area contributed by atoms with Crippen LogP contribution < -0.4 is 10.5 Å². The average molecular weight is 368 g/mol. The molecule has 0 unspecified atom stereocenters. The molecule has 3 rings (SSSR count). The lowest BCUT2D eigenvalue weighted by atomic mass is 10.1. The van der Waals surface area contributed by atoms with Crippen molar-refractivity contribution in [2.45, 2.75) is 20.0 Å². The van der Waals surface area contributed by atoms with Crippen molar-refractivity contribution in [2.24, 2.45) is 0 Å². The number of rotatable bonds is 7. The number of anilines is 1. The zero-order valence-electron chi connectivity index (χ0n) is 14.5. The van der Waals surface area contributed by atoms with Gasteiger partial charge in [-0.3, -0.25) is 0 Å². The van der Waals surface area contributed by atoms with Crippen LogP contribution in [0.25, 0.3) is 11.3 Å². The quantitative estimate of drug-likeness (QED) is 0.620. The molecule has 1 aromatic heterocycles. The van der Waals surface area contributed by atoms with Crippen molar-refractivity contribution in [3.63, 3.8) is 0 Å². The van der Waals surface area contributed by atoms with Crippen LogP contribution in [-0.4, -0.2) is 17.6 Å². The summed E-state index contributed by atoms with van der Waals surface area (Å²) in [6.07, 6.45) is 0.810. The SMILES string of the molecule is CCCOC(=O)c1ccc(COc2cccc(-c3csc(N)n3)c2)cc1. The summed E-state index contributed by atoms with van der Waals surface area (Å²) < 4.78 is 11.0. The van der Waals surface area contributed by atoms with Gasteiger partial charge >= 0.3 is 5.97 Å². The maximum Gasteiger partial charge on any atom is 0.338 e. The van der Waals surface area contributed by atoms with Crippen LogP contribution in [0.3, 0.4) is 0 Å². The molecule has 6 heteroatoms. The summed E-state index contributed by atoms with van der Waals surface area (Å²) >= 11 is 1.41. The number of nitrogens with two attached hydrogens (primary N) is 1. The molecule has 2 aromatic carbocycles. The van der Waals surface area contributed by atoms with Crippen LogP contribution in [0.1, 0.15) is 29.3 Å². The molecule has 0 radical (unpaired) electrons. The summed E-state index contributed by atoms with van der Waals surface area (Å²) in [6.45, 7) is 2.81. The van der Waals surface area contributed by atoms with Crippen LogP contribution >= 0.6 is 11.3 Å². The van der Waals surface area contributed by atoms with E-state index >= 15 is 0 Å². The van der Waals surface area contributed by atoms with E-state index in [1.165, 1.54) is 11.3 Å². The van der Waals surface area contributed by atoms with E-state index in [1.807, 2.05) is 48.7 Å². The van der Waals surface area contributed by atoms with E-state index in [9.17, 15) is 4.79 Å². The minimum Gasteiger partial charge on any atom is -0.489 e. The second-order valence-electron chi connectivity index (χ2n) is 5.72. The molecular formula is C20H20N2O3S. The molecule has 0 saturated heterocycles. The maximum absolute atomic E-state index is 11.8. The third kappa shape index (κ3) is 4.61. The van der Waals surface area contributed by atoms with Gasteiger partial charge in [-0.05, 0) is 36.2 Å². The molecule has 0 saturated carbocycles. The van der Waals surface area contributed by atoms with Crippen LogP contribution in [0.5, 0.6) is 5.75 Å². The molecule has 0 aliphatic rings. The van der Waals surface area contributed by atoms with Crippen LogP contribution in [0.2, 0.25) is 0 Å². The van der Waals surface area contributed by atoms with Crippen molar-refractivity contribution in [3.8, 4) is 17.0 Å². The highest BCUT2D eigenvalue weighted by molar-refractivity contribution is 7.13. The molecule has 134 valence electrons. The lowest BCUT2D eigenvalue weighted by Gasteiger charge is -2.08. The summed E-state index contributed by atoms with van der Waals surface area (Å²) in [5.74, 6) is 0.454. The number of carbonyl (C=O) groups is 1. The number of hydrogen-bond donors (Lipinski definition) is 1. The number of esters is 1. The normalized spacial score (nSPS) is 10.5. The highest BCUT2D eigenvalue weighted by Gasteiger charge is 2.07. The summed E-state index contributed by atoms with van der Waals surface area (Å²) in [6, 6.07) is 15.0. The smallest absolute Gasteiger partial charge is 0.338 e. The number of thiazole rings is 1. The molecule has 3 aromatic rings. The van der Waals surface area contributed by atoms with Crippen molar-refractivity contribution < 1.29 is 14.3 Å². The van der Waals surface area contributed by atoms with Crippen LogP contribution in [0.15, 0.2) is 53.9 Å². The molecule has 0 aliphatic carbocycles. The van der Waals surface area contributed by atoms with Gasteiger partial charge in [0.15, 0.2) is 5.13 Å². The predicted molar refractivity (Wildman–Crippen MR) is 103 cm³/mol. The largest absolute Gasteiger partial charge is 0.489 e. The number of hydrogen-bond acceptors (Lipinski definition) is 6. The van der Waals surface area contributed by atoms with Crippen molar-refractivity contribution in [1.29, 1.82) is 0 Å². The Hall–Kier alpha value is -2.86. The molecule has 5 nitrogen and oxygen atoms in total. The van der Waals surface area contributed by atoms with E-state index in [0.717, 1.165) is 29.0 Å². The minimum atomic E-state index is -0.297. The van der Waals surface area contributed by atoms with Crippen LogP contribution in [0.4, 0.5) is 5.13 Å². The van der Waals surface area contributed by atoms with Crippen molar-refractivity contribution in [3.05, 3.63) is 65.0 Å². The lowest BCUT2D eigenvalue weighted by Crippen LogP contribution is -2.06. The Kier molecular flexibility index (Phi) is 5.86. The Balaban J connectivity index is 1.61. The zero-order chi connectivity index (χ0) is 18.4. The van der Waals surface area contributed by atoms with Gasteiger partial charge in [-0.1, -0.05) is 31.2 Å². The first kappa shape index (κ1) is 17.9. The molecule has 0 aliphatic heterocycles. The second kappa shape index (κ2) is 8.49. The molecule has 0 bridgehead atoms.